The van der Waals surface area contributed by atoms with E-state index in [9.17, 15) is 25.2 Å². The summed E-state index contributed by atoms with van der Waals surface area (Å²) in [7, 11) is 0. The highest BCUT2D eigenvalue weighted by Crippen LogP contribution is 2.13. The number of nitrogens with one attached hydrogen (secondary N) is 1. The summed E-state index contributed by atoms with van der Waals surface area (Å²) < 4.78 is 0. The van der Waals surface area contributed by atoms with Crippen LogP contribution in [0.4, 0.5) is 0 Å². The fraction of sp³-hybridized carbons (Fsp3) is 0.825. The highest BCUT2D eigenvalue weighted by atomic mass is 16.3. The van der Waals surface area contributed by atoms with Gasteiger partial charge in [0.05, 0.1) is 18.8 Å². The van der Waals surface area contributed by atoms with Crippen molar-refractivity contribution in [2.75, 3.05) is 6.61 Å². The molecule has 6 nitrogen and oxygen atoms in total. The van der Waals surface area contributed by atoms with Crippen molar-refractivity contribution in [3.8, 4) is 0 Å². The molecule has 0 aromatic carbocycles. The Morgan fingerprint density at radius 2 is 0.913 bits per heavy atom. The van der Waals surface area contributed by atoms with Crippen molar-refractivity contribution in [2.45, 2.75) is 205 Å². The summed E-state index contributed by atoms with van der Waals surface area (Å²) in [5.74, 6) is -0.606. The van der Waals surface area contributed by atoms with E-state index < -0.39 is 36.9 Å². The predicted octanol–water partition coefficient (Wildman–Crippen LogP) is 9.40. The first-order valence-corrected chi connectivity index (χ1v) is 19.4. The lowest BCUT2D eigenvalue weighted by molar-refractivity contribution is -0.132. The topological polar surface area (TPSA) is 110 Å². The second-order valence-electron chi connectivity index (χ2n) is 13.3. The largest absolute Gasteiger partial charge is 0.394 e. The van der Waals surface area contributed by atoms with Crippen LogP contribution in [0.3, 0.4) is 0 Å². The van der Waals surface area contributed by atoms with Crippen LogP contribution in [0, 0.1) is 0 Å². The number of carbonyl (C=O) groups excluding carboxylic acids is 1. The monoisotopic (exact) mass is 650 g/mol. The van der Waals surface area contributed by atoms with E-state index in [-0.39, 0.29) is 0 Å². The van der Waals surface area contributed by atoms with Gasteiger partial charge < -0.3 is 25.7 Å². The van der Waals surface area contributed by atoms with Gasteiger partial charge in [-0.2, -0.15) is 0 Å². The minimum absolute atomic E-state index is 0.358. The zero-order valence-electron chi connectivity index (χ0n) is 30.1. The van der Waals surface area contributed by atoms with Gasteiger partial charge in [-0.1, -0.05) is 153 Å². The van der Waals surface area contributed by atoms with E-state index >= 15 is 0 Å². The van der Waals surface area contributed by atoms with Crippen molar-refractivity contribution in [1.29, 1.82) is 0 Å². The van der Waals surface area contributed by atoms with Crippen LogP contribution in [0.1, 0.15) is 181 Å². The minimum Gasteiger partial charge on any atom is -0.394 e. The average Bonchev–Trinajstić information content (AvgIpc) is 3.06. The average molecular weight is 650 g/mol. The van der Waals surface area contributed by atoms with Crippen molar-refractivity contribution in [3.05, 3.63) is 36.5 Å². The number of unbranched alkanes of at least 4 members (excludes halogenated alkanes) is 19. The molecule has 5 N–H and O–H groups in total. The normalized spacial score (nSPS) is 14.8. The Hall–Kier alpha value is -1.47. The molecule has 0 bridgehead atoms. The molecule has 0 aromatic heterocycles. The number of hydrogen-bond donors (Lipinski definition) is 5. The quantitative estimate of drug-likeness (QED) is 0.0352. The first kappa shape index (κ1) is 44.5. The summed E-state index contributed by atoms with van der Waals surface area (Å²) in [6.07, 6.45) is 39.0. The predicted molar refractivity (Wildman–Crippen MR) is 196 cm³/mol. The third-order valence-electron chi connectivity index (χ3n) is 8.81. The van der Waals surface area contributed by atoms with E-state index in [1.54, 1.807) is 0 Å². The first-order chi connectivity index (χ1) is 22.5. The van der Waals surface area contributed by atoms with Crippen molar-refractivity contribution >= 4 is 5.91 Å². The van der Waals surface area contributed by atoms with Gasteiger partial charge >= 0.3 is 0 Å². The number of carbonyl (C=O) groups is 1. The van der Waals surface area contributed by atoms with E-state index in [1.165, 1.54) is 96.3 Å². The number of hydrogen-bond acceptors (Lipinski definition) is 5. The molecular weight excluding hydrogens is 574 g/mol. The highest BCUT2D eigenvalue weighted by Gasteiger charge is 2.28. The molecule has 46 heavy (non-hydrogen) atoms. The standard InChI is InChI=1S/C40H75NO5/c1-3-5-7-9-11-13-14-15-16-17-18-19-20-21-22-23-24-25-26-28-29-31-33-37(43)39(45)36(35-42)41-40(46)38(44)34-32-30-27-12-10-8-6-4-2/h18-19,22-23,26,28,36-39,42-45H,3-17,20-21,24-25,27,29-35H2,1-2H3,(H,41,46)/b19-18+,23-22+,28-26+. The van der Waals surface area contributed by atoms with Gasteiger partial charge in [-0.05, 0) is 64.2 Å². The maximum atomic E-state index is 12.4. The molecule has 270 valence electrons. The molecule has 4 unspecified atom stereocenters. The Labute approximate surface area is 284 Å². The van der Waals surface area contributed by atoms with Crippen molar-refractivity contribution in [2.24, 2.45) is 0 Å². The van der Waals surface area contributed by atoms with Gasteiger partial charge in [-0.25, -0.2) is 0 Å². The Bertz CT molecular complexity index is 737. The van der Waals surface area contributed by atoms with Crippen LogP contribution >= 0.6 is 0 Å². The Morgan fingerprint density at radius 3 is 1.37 bits per heavy atom. The Kier molecular flexibility index (Phi) is 33.7. The van der Waals surface area contributed by atoms with Gasteiger partial charge in [-0.3, -0.25) is 4.79 Å². The van der Waals surface area contributed by atoms with E-state index in [0.29, 0.717) is 19.3 Å². The van der Waals surface area contributed by atoms with Crippen LogP contribution in [0.15, 0.2) is 36.5 Å². The maximum Gasteiger partial charge on any atom is 0.249 e. The van der Waals surface area contributed by atoms with Crippen LogP contribution in [-0.4, -0.2) is 57.3 Å². The maximum absolute atomic E-state index is 12.4. The number of amides is 1. The lowest BCUT2D eigenvalue weighted by atomic mass is 10.00. The summed E-state index contributed by atoms with van der Waals surface area (Å²) in [6.45, 7) is 3.97. The van der Waals surface area contributed by atoms with E-state index in [0.717, 1.165) is 51.4 Å². The van der Waals surface area contributed by atoms with Crippen LogP contribution in [-0.2, 0) is 4.79 Å². The lowest BCUT2D eigenvalue weighted by Gasteiger charge is -2.27. The number of allylic oxidation sites excluding steroid dienone is 6. The summed E-state index contributed by atoms with van der Waals surface area (Å²) >= 11 is 0. The second kappa shape index (κ2) is 34.9. The van der Waals surface area contributed by atoms with Crippen LogP contribution in [0.2, 0.25) is 0 Å². The molecule has 1 amide bonds. The van der Waals surface area contributed by atoms with Gasteiger partial charge in [0.15, 0.2) is 0 Å². The van der Waals surface area contributed by atoms with Crippen molar-refractivity contribution in [3.63, 3.8) is 0 Å². The Morgan fingerprint density at radius 1 is 0.522 bits per heavy atom. The zero-order chi connectivity index (χ0) is 33.9. The molecule has 0 aliphatic rings. The third-order valence-corrected chi connectivity index (χ3v) is 8.81. The lowest BCUT2D eigenvalue weighted by Crippen LogP contribution is -2.53. The van der Waals surface area contributed by atoms with Gasteiger partial charge in [0, 0.05) is 0 Å². The molecule has 0 fully saturated rings. The van der Waals surface area contributed by atoms with E-state index in [2.05, 4.69) is 55.6 Å². The molecular formula is C40H75NO5. The molecule has 0 aromatic rings. The third kappa shape index (κ3) is 28.7. The fourth-order valence-corrected chi connectivity index (χ4v) is 5.67. The minimum atomic E-state index is -1.29. The summed E-state index contributed by atoms with van der Waals surface area (Å²) in [6, 6.07) is -1.01. The van der Waals surface area contributed by atoms with E-state index in [1.807, 2.05) is 0 Å². The number of aliphatic hydroxyl groups is 4. The van der Waals surface area contributed by atoms with Gasteiger partial charge in [0.25, 0.3) is 0 Å². The molecule has 0 radical (unpaired) electrons. The van der Waals surface area contributed by atoms with Crippen LogP contribution in [0.5, 0.6) is 0 Å². The molecule has 0 saturated heterocycles. The first-order valence-electron chi connectivity index (χ1n) is 19.4. The van der Waals surface area contributed by atoms with Crippen molar-refractivity contribution in [1.82, 2.24) is 5.32 Å². The SMILES string of the molecule is CCCCCCCCCCC/C=C/CC/C=C/CC/C=C/CCCC(O)C(O)C(CO)NC(=O)C(O)CCCCCCCCCC. The zero-order valence-corrected chi connectivity index (χ0v) is 30.1. The summed E-state index contributed by atoms with van der Waals surface area (Å²) in [5, 5.41) is 43.3. The van der Waals surface area contributed by atoms with Gasteiger partial charge in [-0.15, -0.1) is 0 Å². The molecule has 0 rings (SSSR count). The van der Waals surface area contributed by atoms with Gasteiger partial charge in [0.2, 0.25) is 5.91 Å². The summed E-state index contributed by atoms with van der Waals surface area (Å²) in [4.78, 5) is 12.4. The molecule has 0 spiro atoms. The van der Waals surface area contributed by atoms with Crippen LogP contribution in [0.25, 0.3) is 0 Å². The second-order valence-corrected chi connectivity index (χ2v) is 13.3. The van der Waals surface area contributed by atoms with Crippen molar-refractivity contribution < 1.29 is 25.2 Å². The molecule has 0 saturated carbocycles. The van der Waals surface area contributed by atoms with Gasteiger partial charge in [0.1, 0.15) is 12.2 Å². The van der Waals surface area contributed by atoms with Crippen LogP contribution < -0.4 is 5.32 Å². The molecule has 0 aliphatic carbocycles. The van der Waals surface area contributed by atoms with E-state index in [4.69, 9.17) is 0 Å². The number of rotatable bonds is 34. The molecule has 0 aliphatic heterocycles. The Balaban J connectivity index is 3.84. The molecule has 4 atom stereocenters. The number of aliphatic hydroxyl groups excluding tert-OH is 4. The molecule has 0 heterocycles. The fourth-order valence-electron chi connectivity index (χ4n) is 5.67. The highest BCUT2D eigenvalue weighted by molar-refractivity contribution is 5.80. The smallest absolute Gasteiger partial charge is 0.249 e. The molecule has 6 heteroatoms. The summed E-state index contributed by atoms with van der Waals surface area (Å²) in [5.41, 5.74) is 0.